The van der Waals surface area contributed by atoms with Gasteiger partial charge in [0.15, 0.2) is 0 Å². The Morgan fingerprint density at radius 2 is 2.10 bits per heavy atom. The highest BCUT2D eigenvalue weighted by Crippen LogP contribution is 2.27. The van der Waals surface area contributed by atoms with Crippen LogP contribution in [-0.2, 0) is 10.0 Å². The van der Waals surface area contributed by atoms with Gasteiger partial charge in [-0.15, -0.1) is 0 Å². The highest BCUT2D eigenvalue weighted by molar-refractivity contribution is 7.89. The Balaban J connectivity index is 2.34. The summed E-state index contributed by atoms with van der Waals surface area (Å²) in [5.74, 6) is 0. The second-order valence-electron chi connectivity index (χ2n) is 6.02. The lowest BCUT2D eigenvalue weighted by Crippen LogP contribution is -2.41. The van der Waals surface area contributed by atoms with Crippen molar-refractivity contribution in [3.05, 3.63) is 29.8 Å². The Morgan fingerprint density at radius 1 is 1.33 bits per heavy atom. The smallest absolute Gasteiger partial charge is 0.243 e. The molecule has 0 aliphatic carbocycles. The van der Waals surface area contributed by atoms with Gasteiger partial charge in [-0.1, -0.05) is 25.0 Å². The first-order valence-electron chi connectivity index (χ1n) is 7.68. The lowest BCUT2D eigenvalue weighted by atomic mass is 10.1. The fourth-order valence-electron chi connectivity index (χ4n) is 3.01. The van der Waals surface area contributed by atoms with Gasteiger partial charge < -0.3 is 5.11 Å². The maximum Gasteiger partial charge on any atom is 0.243 e. The molecular weight excluding hydrogens is 286 g/mol. The van der Waals surface area contributed by atoms with Crippen LogP contribution in [0, 0.1) is 6.92 Å². The maximum absolute atomic E-state index is 12.9. The van der Waals surface area contributed by atoms with Crippen LogP contribution in [-0.4, -0.2) is 36.5 Å². The van der Waals surface area contributed by atoms with Crippen LogP contribution in [0.3, 0.4) is 0 Å². The second-order valence-corrected chi connectivity index (χ2v) is 7.91. The molecule has 2 rings (SSSR count). The highest BCUT2D eigenvalue weighted by Gasteiger charge is 2.32. The van der Waals surface area contributed by atoms with E-state index in [0.29, 0.717) is 17.9 Å². The molecule has 1 fully saturated rings. The molecule has 0 spiro atoms. The SMILES string of the molecule is Cc1cccc(S(=O)(=O)N2CCCCCC2CC(C)O)c1. The van der Waals surface area contributed by atoms with E-state index in [1.807, 2.05) is 13.0 Å². The van der Waals surface area contributed by atoms with Crippen molar-refractivity contribution in [2.24, 2.45) is 0 Å². The van der Waals surface area contributed by atoms with Crippen LogP contribution in [0.2, 0.25) is 0 Å². The lowest BCUT2D eigenvalue weighted by molar-refractivity contribution is 0.147. The van der Waals surface area contributed by atoms with Crippen molar-refractivity contribution in [1.29, 1.82) is 0 Å². The number of sulfonamides is 1. The molecule has 5 heteroatoms. The molecule has 1 aromatic carbocycles. The molecule has 1 heterocycles. The van der Waals surface area contributed by atoms with Gasteiger partial charge in [-0.25, -0.2) is 8.42 Å². The summed E-state index contributed by atoms with van der Waals surface area (Å²) in [5.41, 5.74) is 0.943. The average Bonchev–Trinajstić information content (AvgIpc) is 2.64. The molecule has 0 radical (unpaired) electrons. The zero-order chi connectivity index (χ0) is 15.5. The molecule has 0 saturated carbocycles. The molecule has 2 atom stereocenters. The van der Waals surface area contributed by atoms with Crippen molar-refractivity contribution in [2.75, 3.05) is 6.54 Å². The zero-order valence-electron chi connectivity index (χ0n) is 12.8. The average molecular weight is 311 g/mol. The third-order valence-electron chi connectivity index (χ3n) is 4.03. The molecule has 0 amide bonds. The van der Waals surface area contributed by atoms with E-state index in [1.54, 1.807) is 29.4 Å². The topological polar surface area (TPSA) is 57.6 Å². The lowest BCUT2D eigenvalue weighted by Gasteiger charge is -2.30. The van der Waals surface area contributed by atoms with E-state index in [0.717, 1.165) is 31.2 Å². The molecule has 1 saturated heterocycles. The van der Waals surface area contributed by atoms with Gasteiger partial charge in [0.1, 0.15) is 0 Å². The van der Waals surface area contributed by atoms with Gasteiger partial charge in [0.25, 0.3) is 0 Å². The quantitative estimate of drug-likeness (QED) is 0.930. The van der Waals surface area contributed by atoms with Crippen molar-refractivity contribution in [3.63, 3.8) is 0 Å². The minimum atomic E-state index is -3.48. The molecular formula is C16H25NO3S. The third kappa shape index (κ3) is 4.05. The molecule has 1 aliphatic rings. The van der Waals surface area contributed by atoms with Gasteiger partial charge in [0, 0.05) is 12.6 Å². The summed E-state index contributed by atoms with van der Waals surface area (Å²) < 4.78 is 27.5. The van der Waals surface area contributed by atoms with Crippen LogP contribution in [0.1, 0.15) is 44.6 Å². The zero-order valence-corrected chi connectivity index (χ0v) is 13.6. The maximum atomic E-state index is 12.9. The number of nitrogens with zero attached hydrogens (tertiary/aromatic N) is 1. The van der Waals surface area contributed by atoms with Gasteiger partial charge in [0.2, 0.25) is 10.0 Å². The monoisotopic (exact) mass is 311 g/mol. The van der Waals surface area contributed by atoms with Gasteiger partial charge in [0.05, 0.1) is 11.0 Å². The van der Waals surface area contributed by atoms with Crippen LogP contribution in [0.25, 0.3) is 0 Å². The first-order chi connectivity index (χ1) is 9.91. The number of aliphatic hydroxyl groups excluding tert-OH is 1. The van der Waals surface area contributed by atoms with E-state index in [9.17, 15) is 13.5 Å². The number of hydrogen-bond donors (Lipinski definition) is 1. The number of benzene rings is 1. The Labute approximate surface area is 127 Å². The van der Waals surface area contributed by atoms with Crippen LogP contribution in [0.15, 0.2) is 29.2 Å². The summed E-state index contributed by atoms with van der Waals surface area (Å²) in [4.78, 5) is 0.361. The predicted molar refractivity (Wildman–Crippen MR) is 83.6 cm³/mol. The van der Waals surface area contributed by atoms with E-state index < -0.39 is 16.1 Å². The number of aliphatic hydroxyl groups is 1. The molecule has 0 bridgehead atoms. The second kappa shape index (κ2) is 6.90. The molecule has 118 valence electrons. The number of hydrogen-bond acceptors (Lipinski definition) is 3. The van der Waals surface area contributed by atoms with E-state index in [4.69, 9.17) is 0 Å². The summed E-state index contributed by atoms with van der Waals surface area (Å²) in [6.07, 6.45) is 3.82. The summed E-state index contributed by atoms with van der Waals surface area (Å²) in [7, 11) is -3.48. The predicted octanol–water partition coefficient (Wildman–Crippen LogP) is 2.70. The molecule has 21 heavy (non-hydrogen) atoms. The fourth-order valence-corrected chi connectivity index (χ4v) is 4.82. The number of aryl methyl sites for hydroxylation is 1. The van der Waals surface area contributed by atoms with Crippen LogP contribution in [0.5, 0.6) is 0 Å². The molecule has 4 nitrogen and oxygen atoms in total. The molecule has 1 aromatic rings. The van der Waals surface area contributed by atoms with Crippen molar-refractivity contribution in [1.82, 2.24) is 4.31 Å². The highest BCUT2D eigenvalue weighted by atomic mass is 32.2. The Hall–Kier alpha value is -0.910. The normalized spacial score (nSPS) is 22.7. The summed E-state index contributed by atoms with van der Waals surface area (Å²) in [6, 6.07) is 6.96. The first-order valence-corrected chi connectivity index (χ1v) is 9.12. The van der Waals surface area contributed by atoms with E-state index >= 15 is 0 Å². The summed E-state index contributed by atoms with van der Waals surface area (Å²) in [6.45, 7) is 4.17. The fraction of sp³-hybridized carbons (Fsp3) is 0.625. The van der Waals surface area contributed by atoms with Crippen molar-refractivity contribution in [3.8, 4) is 0 Å². The third-order valence-corrected chi connectivity index (χ3v) is 5.98. The summed E-state index contributed by atoms with van der Waals surface area (Å²) in [5, 5.41) is 9.67. The van der Waals surface area contributed by atoms with Crippen LogP contribution < -0.4 is 0 Å². The number of rotatable bonds is 4. The van der Waals surface area contributed by atoms with Gasteiger partial charge in [-0.2, -0.15) is 4.31 Å². The van der Waals surface area contributed by atoms with Gasteiger partial charge in [-0.05, 0) is 50.8 Å². The molecule has 1 N–H and O–H groups in total. The Kier molecular flexibility index (Phi) is 5.41. The van der Waals surface area contributed by atoms with Gasteiger partial charge >= 0.3 is 0 Å². The summed E-state index contributed by atoms with van der Waals surface area (Å²) >= 11 is 0. The van der Waals surface area contributed by atoms with E-state index in [1.165, 1.54) is 0 Å². The van der Waals surface area contributed by atoms with Crippen molar-refractivity contribution in [2.45, 2.75) is 63.0 Å². The first kappa shape index (κ1) is 16.5. The standard InChI is InChI=1S/C16H25NO3S/c1-13-7-6-9-16(11-13)21(19,20)17-10-5-3-4-8-15(17)12-14(2)18/h6-7,9,11,14-15,18H,3-5,8,10,12H2,1-2H3. The van der Waals surface area contributed by atoms with Crippen LogP contribution >= 0.6 is 0 Å². The molecule has 1 aliphatic heterocycles. The van der Waals surface area contributed by atoms with Crippen molar-refractivity contribution >= 4 is 10.0 Å². The molecule has 2 unspecified atom stereocenters. The molecule has 0 aromatic heterocycles. The minimum absolute atomic E-state index is 0.0991. The van der Waals surface area contributed by atoms with E-state index in [-0.39, 0.29) is 6.04 Å². The Bertz CT molecular complexity index is 569. The van der Waals surface area contributed by atoms with Crippen LogP contribution in [0.4, 0.5) is 0 Å². The van der Waals surface area contributed by atoms with E-state index in [2.05, 4.69) is 0 Å². The van der Waals surface area contributed by atoms with Gasteiger partial charge in [-0.3, -0.25) is 0 Å². The van der Waals surface area contributed by atoms with Crippen molar-refractivity contribution < 1.29 is 13.5 Å². The largest absolute Gasteiger partial charge is 0.393 e. The Morgan fingerprint density at radius 3 is 2.76 bits per heavy atom. The minimum Gasteiger partial charge on any atom is -0.393 e.